The molecule has 16 heavy (non-hydrogen) atoms. The van der Waals surface area contributed by atoms with Crippen LogP contribution in [0.15, 0.2) is 22.6 Å². The van der Waals surface area contributed by atoms with Crippen LogP contribution in [0, 0.1) is 6.92 Å². The van der Waals surface area contributed by atoms with Crippen molar-refractivity contribution in [3.8, 4) is 0 Å². The maximum absolute atomic E-state index is 5.54. The minimum atomic E-state index is 0.151. The Morgan fingerprint density at radius 2 is 2.12 bits per heavy atom. The molecule has 2 rings (SSSR count). The third-order valence-electron chi connectivity index (χ3n) is 2.00. The molecule has 0 fully saturated rings. The summed E-state index contributed by atoms with van der Waals surface area (Å²) in [6.45, 7) is 2.42. The monoisotopic (exact) mass is 219 g/mol. The normalized spacial score (nSPS) is 10.3. The van der Waals surface area contributed by atoms with Crippen molar-refractivity contribution in [3.05, 3.63) is 29.7 Å². The average molecular weight is 219 g/mol. The SMILES string of the molecule is Cc1ccc(CNc2cc(N)nc(N)n2)o1. The topological polar surface area (TPSA) is 103 Å². The molecule has 5 N–H and O–H groups in total. The van der Waals surface area contributed by atoms with Gasteiger partial charge in [-0.25, -0.2) is 0 Å². The Labute approximate surface area is 92.7 Å². The first kappa shape index (κ1) is 10.3. The van der Waals surface area contributed by atoms with Crippen molar-refractivity contribution >= 4 is 17.6 Å². The first-order chi connectivity index (χ1) is 7.63. The lowest BCUT2D eigenvalue weighted by Gasteiger charge is -2.04. The van der Waals surface area contributed by atoms with E-state index in [0.717, 1.165) is 11.5 Å². The van der Waals surface area contributed by atoms with Gasteiger partial charge in [-0.15, -0.1) is 0 Å². The predicted molar refractivity (Wildman–Crippen MR) is 61.6 cm³/mol. The van der Waals surface area contributed by atoms with Crippen LogP contribution in [0.5, 0.6) is 0 Å². The Morgan fingerprint density at radius 3 is 2.75 bits per heavy atom. The molecule has 0 aliphatic carbocycles. The maximum Gasteiger partial charge on any atom is 0.223 e. The molecule has 0 aromatic carbocycles. The van der Waals surface area contributed by atoms with E-state index in [1.54, 1.807) is 6.07 Å². The Hall–Kier alpha value is -2.24. The van der Waals surface area contributed by atoms with Crippen LogP contribution in [0.1, 0.15) is 11.5 Å². The lowest BCUT2D eigenvalue weighted by molar-refractivity contribution is 0.490. The molecular weight excluding hydrogens is 206 g/mol. The zero-order valence-electron chi connectivity index (χ0n) is 8.90. The molecule has 2 aromatic heterocycles. The van der Waals surface area contributed by atoms with E-state index in [2.05, 4.69) is 15.3 Å². The summed E-state index contributed by atoms with van der Waals surface area (Å²) >= 11 is 0. The average Bonchev–Trinajstić information content (AvgIpc) is 2.60. The van der Waals surface area contributed by atoms with E-state index >= 15 is 0 Å². The highest BCUT2D eigenvalue weighted by Crippen LogP contribution is 2.12. The molecule has 84 valence electrons. The number of rotatable bonds is 3. The van der Waals surface area contributed by atoms with Gasteiger partial charge < -0.3 is 21.2 Å². The number of nitrogens with one attached hydrogen (secondary N) is 1. The van der Waals surface area contributed by atoms with Crippen LogP contribution in [0.2, 0.25) is 0 Å². The summed E-state index contributed by atoms with van der Waals surface area (Å²) in [6.07, 6.45) is 0. The van der Waals surface area contributed by atoms with E-state index in [9.17, 15) is 0 Å². The second-order valence-corrected chi connectivity index (χ2v) is 3.40. The summed E-state index contributed by atoms with van der Waals surface area (Å²) in [6, 6.07) is 5.42. The van der Waals surface area contributed by atoms with Gasteiger partial charge in [0.15, 0.2) is 0 Å². The van der Waals surface area contributed by atoms with Gasteiger partial charge in [0.1, 0.15) is 23.2 Å². The minimum absolute atomic E-state index is 0.151. The first-order valence-corrected chi connectivity index (χ1v) is 4.83. The van der Waals surface area contributed by atoms with Crippen LogP contribution < -0.4 is 16.8 Å². The standard InChI is InChI=1S/C10H13N5O/c1-6-2-3-7(16-6)5-13-9-4-8(11)14-10(12)15-9/h2-4H,5H2,1H3,(H5,11,12,13,14,15). The fraction of sp³-hybridized carbons (Fsp3) is 0.200. The number of nitrogens with zero attached hydrogens (tertiary/aromatic N) is 2. The highest BCUT2D eigenvalue weighted by Gasteiger charge is 2.01. The molecular formula is C10H13N5O. The summed E-state index contributed by atoms with van der Waals surface area (Å²) < 4.78 is 5.40. The van der Waals surface area contributed by atoms with Crippen LogP contribution in [0.3, 0.4) is 0 Å². The molecule has 6 heteroatoms. The van der Waals surface area contributed by atoms with Crippen molar-refractivity contribution in [2.75, 3.05) is 16.8 Å². The van der Waals surface area contributed by atoms with Crippen molar-refractivity contribution in [3.63, 3.8) is 0 Å². The Morgan fingerprint density at radius 1 is 1.31 bits per heavy atom. The fourth-order valence-corrected chi connectivity index (χ4v) is 1.33. The van der Waals surface area contributed by atoms with Crippen LogP contribution >= 0.6 is 0 Å². The Bertz CT molecular complexity index is 473. The third kappa shape index (κ3) is 2.41. The smallest absolute Gasteiger partial charge is 0.223 e. The summed E-state index contributed by atoms with van der Waals surface area (Å²) in [5.41, 5.74) is 11.0. The van der Waals surface area contributed by atoms with Gasteiger partial charge in [0, 0.05) is 6.07 Å². The highest BCUT2D eigenvalue weighted by molar-refractivity contribution is 5.48. The molecule has 0 aliphatic heterocycles. The number of furan rings is 1. The zero-order chi connectivity index (χ0) is 11.5. The van der Waals surface area contributed by atoms with E-state index in [-0.39, 0.29) is 5.95 Å². The summed E-state index contributed by atoms with van der Waals surface area (Å²) in [4.78, 5) is 7.76. The number of hydrogen-bond donors (Lipinski definition) is 3. The van der Waals surface area contributed by atoms with E-state index < -0.39 is 0 Å². The molecule has 0 bridgehead atoms. The van der Waals surface area contributed by atoms with Gasteiger partial charge in [0.2, 0.25) is 5.95 Å². The predicted octanol–water partition coefficient (Wildman–Crippen LogP) is 1.15. The number of nitrogens with two attached hydrogens (primary N) is 2. The number of anilines is 3. The second kappa shape index (κ2) is 4.09. The third-order valence-corrected chi connectivity index (χ3v) is 2.00. The van der Waals surface area contributed by atoms with Crippen LogP contribution in [-0.4, -0.2) is 9.97 Å². The van der Waals surface area contributed by atoms with Crippen molar-refractivity contribution in [2.24, 2.45) is 0 Å². The molecule has 2 aromatic rings. The molecule has 0 unspecified atom stereocenters. The number of nitrogen functional groups attached to an aromatic ring is 2. The van der Waals surface area contributed by atoms with E-state index in [0.29, 0.717) is 18.2 Å². The van der Waals surface area contributed by atoms with Gasteiger partial charge in [0.25, 0.3) is 0 Å². The number of aromatic nitrogens is 2. The Balaban J connectivity index is 2.04. The van der Waals surface area contributed by atoms with E-state index in [1.807, 2.05) is 19.1 Å². The molecule has 0 radical (unpaired) electrons. The maximum atomic E-state index is 5.54. The molecule has 0 atom stereocenters. The highest BCUT2D eigenvalue weighted by atomic mass is 16.3. The number of aryl methyl sites for hydroxylation is 1. The molecule has 0 spiro atoms. The Kier molecular flexibility index (Phi) is 2.63. The quantitative estimate of drug-likeness (QED) is 0.715. The van der Waals surface area contributed by atoms with Gasteiger partial charge in [0.05, 0.1) is 6.54 Å². The largest absolute Gasteiger partial charge is 0.465 e. The minimum Gasteiger partial charge on any atom is -0.465 e. The lowest BCUT2D eigenvalue weighted by Crippen LogP contribution is -2.05. The van der Waals surface area contributed by atoms with Gasteiger partial charge in [-0.3, -0.25) is 0 Å². The molecule has 0 saturated heterocycles. The van der Waals surface area contributed by atoms with Crippen LogP contribution in [-0.2, 0) is 6.54 Å². The van der Waals surface area contributed by atoms with Crippen molar-refractivity contribution in [1.29, 1.82) is 0 Å². The molecule has 0 aliphatic rings. The summed E-state index contributed by atoms with van der Waals surface area (Å²) in [5, 5.41) is 3.05. The number of hydrogen-bond acceptors (Lipinski definition) is 6. The van der Waals surface area contributed by atoms with Gasteiger partial charge >= 0.3 is 0 Å². The summed E-state index contributed by atoms with van der Waals surface area (Å²) in [7, 11) is 0. The van der Waals surface area contributed by atoms with Crippen molar-refractivity contribution < 1.29 is 4.42 Å². The zero-order valence-corrected chi connectivity index (χ0v) is 8.90. The van der Waals surface area contributed by atoms with Gasteiger partial charge in [-0.2, -0.15) is 9.97 Å². The fourth-order valence-electron chi connectivity index (χ4n) is 1.33. The molecule has 0 amide bonds. The molecule has 2 heterocycles. The van der Waals surface area contributed by atoms with Crippen molar-refractivity contribution in [2.45, 2.75) is 13.5 Å². The van der Waals surface area contributed by atoms with Gasteiger partial charge in [-0.1, -0.05) is 0 Å². The molecule has 6 nitrogen and oxygen atoms in total. The van der Waals surface area contributed by atoms with Gasteiger partial charge in [-0.05, 0) is 19.1 Å². The summed E-state index contributed by atoms with van der Waals surface area (Å²) in [5.74, 6) is 2.77. The first-order valence-electron chi connectivity index (χ1n) is 4.83. The van der Waals surface area contributed by atoms with E-state index in [4.69, 9.17) is 15.9 Å². The van der Waals surface area contributed by atoms with Crippen molar-refractivity contribution in [1.82, 2.24) is 9.97 Å². The molecule has 0 saturated carbocycles. The second-order valence-electron chi connectivity index (χ2n) is 3.40. The van der Waals surface area contributed by atoms with E-state index in [1.165, 1.54) is 0 Å². The van der Waals surface area contributed by atoms with Crippen LogP contribution in [0.4, 0.5) is 17.6 Å². The van der Waals surface area contributed by atoms with Crippen LogP contribution in [0.25, 0.3) is 0 Å². The lowest BCUT2D eigenvalue weighted by atomic mass is 10.4.